The van der Waals surface area contributed by atoms with Gasteiger partial charge in [-0.2, -0.15) is 0 Å². The van der Waals surface area contributed by atoms with Gasteiger partial charge < -0.3 is 14.5 Å². The van der Waals surface area contributed by atoms with Crippen LogP contribution < -0.4 is 4.90 Å². The van der Waals surface area contributed by atoms with Crippen LogP contribution in [0.1, 0.15) is 10.4 Å². The zero-order chi connectivity index (χ0) is 23.9. The smallest absolute Gasteiger partial charge is 0.254 e. The highest BCUT2D eigenvalue weighted by Crippen LogP contribution is 2.30. The van der Waals surface area contributed by atoms with Crippen LogP contribution in [0.2, 0.25) is 10.0 Å². The standard InChI is InChI=1S/C27H22Cl2N4O2/c28-22-10-24-25(11-23(22)29)31-26(12-30-24)32-13-18-15-33(16-19(14-32)35-18)27(34)21-9-5-4-8-20(21)17-6-2-1-3-7-17/h1-12,18-19H,13-16H2. The lowest BCUT2D eigenvalue weighted by Crippen LogP contribution is -2.60. The first-order valence-corrected chi connectivity index (χ1v) is 12.3. The number of anilines is 1. The number of fused-ring (bicyclic) bond motifs is 3. The number of benzene rings is 3. The lowest BCUT2D eigenvalue weighted by molar-refractivity contribution is -0.0847. The molecule has 2 aliphatic rings. The average molecular weight is 505 g/mol. The molecule has 0 saturated carbocycles. The fourth-order valence-electron chi connectivity index (χ4n) is 4.91. The number of morpholine rings is 2. The minimum atomic E-state index is -0.110. The van der Waals surface area contributed by atoms with Crippen LogP contribution in [-0.4, -0.2) is 59.2 Å². The molecule has 2 aliphatic heterocycles. The van der Waals surface area contributed by atoms with Crippen molar-refractivity contribution in [3.05, 3.63) is 88.5 Å². The maximum Gasteiger partial charge on any atom is 0.254 e. The Balaban J connectivity index is 1.22. The van der Waals surface area contributed by atoms with Crippen molar-refractivity contribution < 1.29 is 9.53 Å². The second-order valence-corrected chi connectivity index (χ2v) is 9.70. The summed E-state index contributed by atoms with van der Waals surface area (Å²) < 4.78 is 6.21. The van der Waals surface area contributed by atoms with Gasteiger partial charge in [0.05, 0.1) is 39.5 Å². The van der Waals surface area contributed by atoms with Crippen molar-refractivity contribution in [1.29, 1.82) is 0 Å². The Labute approximate surface area is 213 Å². The van der Waals surface area contributed by atoms with Crippen LogP contribution in [0.3, 0.4) is 0 Å². The summed E-state index contributed by atoms with van der Waals surface area (Å²) in [6.45, 7) is 2.30. The van der Waals surface area contributed by atoms with Crippen LogP contribution in [0.15, 0.2) is 72.9 Å². The van der Waals surface area contributed by atoms with Crippen LogP contribution in [0.4, 0.5) is 5.82 Å². The van der Waals surface area contributed by atoms with Crippen molar-refractivity contribution in [2.24, 2.45) is 0 Å². The van der Waals surface area contributed by atoms with Gasteiger partial charge in [-0.1, -0.05) is 71.7 Å². The van der Waals surface area contributed by atoms with Crippen molar-refractivity contribution in [2.75, 3.05) is 31.1 Å². The average Bonchev–Trinajstić information content (AvgIpc) is 2.88. The summed E-state index contributed by atoms with van der Waals surface area (Å²) in [5.41, 5.74) is 4.09. The number of ether oxygens (including phenoxy) is 1. The summed E-state index contributed by atoms with van der Waals surface area (Å²) in [6, 6.07) is 21.3. The lowest BCUT2D eigenvalue weighted by Gasteiger charge is -2.46. The molecular weight excluding hydrogens is 483 g/mol. The van der Waals surface area contributed by atoms with E-state index in [1.165, 1.54) is 0 Å². The number of carbonyl (C=O) groups is 1. The van der Waals surface area contributed by atoms with E-state index in [9.17, 15) is 4.79 Å². The molecule has 2 saturated heterocycles. The number of amides is 1. The summed E-state index contributed by atoms with van der Waals surface area (Å²) in [5, 5.41) is 0.912. The summed E-state index contributed by atoms with van der Waals surface area (Å²) in [4.78, 5) is 27.0. The normalized spacial score (nSPS) is 19.7. The Hall–Kier alpha value is -3.19. The van der Waals surface area contributed by atoms with Crippen LogP contribution in [0.5, 0.6) is 0 Å². The zero-order valence-corrected chi connectivity index (χ0v) is 20.3. The predicted molar refractivity (Wildman–Crippen MR) is 138 cm³/mol. The van der Waals surface area contributed by atoms with Crippen LogP contribution >= 0.6 is 23.2 Å². The molecule has 176 valence electrons. The Morgan fingerprint density at radius 3 is 2.26 bits per heavy atom. The van der Waals surface area contributed by atoms with Gasteiger partial charge in [-0.15, -0.1) is 0 Å². The first kappa shape index (κ1) is 22.3. The fraction of sp³-hybridized carbons (Fsp3) is 0.222. The van der Waals surface area contributed by atoms with Crippen molar-refractivity contribution in [3.8, 4) is 11.1 Å². The second kappa shape index (κ2) is 9.11. The predicted octanol–water partition coefficient (Wildman–Crippen LogP) is 5.33. The lowest BCUT2D eigenvalue weighted by atomic mass is 9.98. The molecule has 3 heterocycles. The van der Waals surface area contributed by atoms with E-state index in [0.29, 0.717) is 52.8 Å². The van der Waals surface area contributed by atoms with E-state index in [2.05, 4.69) is 9.88 Å². The third-order valence-corrected chi connectivity index (χ3v) is 7.23. The first-order valence-electron chi connectivity index (χ1n) is 11.5. The molecule has 0 aliphatic carbocycles. The summed E-state index contributed by atoms with van der Waals surface area (Å²) in [7, 11) is 0. The molecule has 0 N–H and O–H groups in total. The summed E-state index contributed by atoms with van der Waals surface area (Å²) >= 11 is 12.3. The van der Waals surface area contributed by atoms with Gasteiger partial charge in [-0.05, 0) is 29.3 Å². The number of rotatable bonds is 3. The monoisotopic (exact) mass is 504 g/mol. The van der Waals surface area contributed by atoms with E-state index in [0.717, 1.165) is 16.9 Å². The molecule has 35 heavy (non-hydrogen) atoms. The van der Waals surface area contributed by atoms with Gasteiger partial charge >= 0.3 is 0 Å². The quantitative estimate of drug-likeness (QED) is 0.377. The van der Waals surface area contributed by atoms with Crippen LogP contribution in [0, 0.1) is 0 Å². The molecular formula is C27H22Cl2N4O2. The van der Waals surface area contributed by atoms with E-state index in [1.807, 2.05) is 59.5 Å². The minimum Gasteiger partial charge on any atom is -0.368 e. The molecule has 0 spiro atoms. The second-order valence-electron chi connectivity index (χ2n) is 8.89. The Bertz CT molecular complexity index is 1400. The van der Waals surface area contributed by atoms with Gasteiger partial charge in [0.1, 0.15) is 5.82 Å². The van der Waals surface area contributed by atoms with Crippen LogP contribution in [-0.2, 0) is 4.74 Å². The van der Waals surface area contributed by atoms with Crippen molar-refractivity contribution in [3.63, 3.8) is 0 Å². The molecule has 2 bridgehead atoms. The number of hydrogen-bond donors (Lipinski definition) is 0. The van der Waals surface area contributed by atoms with Crippen molar-refractivity contribution >= 4 is 46.0 Å². The third kappa shape index (κ3) is 4.33. The van der Waals surface area contributed by atoms with Gasteiger partial charge in [0.25, 0.3) is 5.91 Å². The van der Waals surface area contributed by atoms with Crippen molar-refractivity contribution in [1.82, 2.24) is 14.9 Å². The maximum absolute atomic E-state index is 13.6. The topological polar surface area (TPSA) is 58.6 Å². The molecule has 2 fully saturated rings. The highest BCUT2D eigenvalue weighted by molar-refractivity contribution is 6.42. The largest absolute Gasteiger partial charge is 0.368 e. The molecule has 3 aromatic carbocycles. The van der Waals surface area contributed by atoms with Gasteiger partial charge in [0.15, 0.2) is 0 Å². The number of nitrogens with zero attached hydrogens (tertiary/aromatic N) is 4. The van der Waals surface area contributed by atoms with Gasteiger partial charge in [0, 0.05) is 31.7 Å². The maximum atomic E-state index is 13.6. The van der Waals surface area contributed by atoms with Crippen LogP contribution in [0.25, 0.3) is 22.2 Å². The Kier molecular flexibility index (Phi) is 5.80. The van der Waals surface area contributed by atoms with E-state index >= 15 is 0 Å². The molecule has 6 rings (SSSR count). The molecule has 1 amide bonds. The SMILES string of the molecule is O=C(c1ccccc1-c1ccccc1)N1CC2CN(c3cnc4cc(Cl)c(Cl)cc4n3)CC(C1)O2. The molecule has 6 nitrogen and oxygen atoms in total. The van der Waals surface area contributed by atoms with E-state index in [4.69, 9.17) is 32.9 Å². The number of halogens is 2. The van der Waals surface area contributed by atoms with Gasteiger partial charge in [0.2, 0.25) is 0 Å². The molecule has 2 atom stereocenters. The first-order chi connectivity index (χ1) is 17.0. The highest BCUT2D eigenvalue weighted by atomic mass is 35.5. The third-order valence-electron chi connectivity index (χ3n) is 6.51. The number of carbonyl (C=O) groups excluding carboxylic acids is 1. The molecule has 4 aromatic rings. The minimum absolute atomic E-state index is 0.0354. The summed E-state index contributed by atoms with van der Waals surface area (Å²) in [6.07, 6.45) is 1.54. The van der Waals surface area contributed by atoms with E-state index in [1.54, 1.807) is 18.3 Å². The zero-order valence-electron chi connectivity index (χ0n) is 18.8. The Morgan fingerprint density at radius 2 is 1.51 bits per heavy atom. The Morgan fingerprint density at radius 1 is 0.857 bits per heavy atom. The van der Waals surface area contributed by atoms with Gasteiger partial charge in [-0.25, -0.2) is 4.98 Å². The highest BCUT2D eigenvalue weighted by Gasteiger charge is 2.38. The van der Waals surface area contributed by atoms with E-state index < -0.39 is 0 Å². The summed E-state index contributed by atoms with van der Waals surface area (Å²) in [5.74, 6) is 0.802. The van der Waals surface area contributed by atoms with Gasteiger partial charge in [-0.3, -0.25) is 9.78 Å². The van der Waals surface area contributed by atoms with Crippen molar-refractivity contribution in [2.45, 2.75) is 12.2 Å². The molecule has 0 radical (unpaired) electrons. The molecule has 8 heteroatoms. The van der Waals surface area contributed by atoms with E-state index in [-0.39, 0.29) is 18.1 Å². The number of hydrogen-bond acceptors (Lipinski definition) is 5. The molecule has 2 unspecified atom stereocenters. The fourth-order valence-corrected chi connectivity index (χ4v) is 5.22. The number of aromatic nitrogens is 2. The molecule has 1 aromatic heterocycles.